The Balaban J connectivity index is 1.91. The summed E-state index contributed by atoms with van der Waals surface area (Å²) in [7, 11) is 0. The fraction of sp³-hybridized carbons (Fsp3) is 0.875. The van der Waals surface area contributed by atoms with Crippen LogP contribution in [-0.2, 0) is 14.3 Å². The summed E-state index contributed by atoms with van der Waals surface area (Å²) < 4.78 is 4.88. The van der Waals surface area contributed by atoms with Crippen molar-refractivity contribution < 1.29 is 14.3 Å². The molecule has 0 aliphatic carbocycles. The third-order valence-corrected chi connectivity index (χ3v) is 3.79. The number of carbonyl (C=O) groups excluding carboxylic acids is 2. The first kappa shape index (κ1) is 17.0. The summed E-state index contributed by atoms with van der Waals surface area (Å²) >= 11 is 0. The highest BCUT2D eigenvalue weighted by Crippen LogP contribution is 2.13. The Kier molecular flexibility index (Phi) is 9.09. The summed E-state index contributed by atoms with van der Waals surface area (Å²) in [6, 6.07) is 0. The molecule has 1 heterocycles. The Morgan fingerprint density at radius 3 is 2.15 bits per heavy atom. The topological polar surface area (TPSA) is 46.6 Å². The van der Waals surface area contributed by atoms with Crippen molar-refractivity contribution in [3.63, 3.8) is 0 Å². The lowest BCUT2D eigenvalue weighted by molar-refractivity contribution is -0.143. The highest BCUT2D eigenvalue weighted by molar-refractivity contribution is 5.76. The second-order valence-corrected chi connectivity index (χ2v) is 5.51. The zero-order valence-electron chi connectivity index (χ0n) is 12.9. The van der Waals surface area contributed by atoms with Crippen LogP contribution in [0.15, 0.2) is 0 Å². The van der Waals surface area contributed by atoms with Gasteiger partial charge in [0.15, 0.2) is 0 Å². The molecular weight excluding hydrogens is 254 g/mol. The van der Waals surface area contributed by atoms with Crippen LogP contribution >= 0.6 is 0 Å². The number of hydrogen-bond acceptors (Lipinski definition) is 3. The zero-order valence-corrected chi connectivity index (χ0v) is 12.9. The van der Waals surface area contributed by atoms with Gasteiger partial charge in [0.25, 0.3) is 0 Å². The van der Waals surface area contributed by atoms with Crippen molar-refractivity contribution in [2.24, 2.45) is 0 Å². The monoisotopic (exact) mass is 283 g/mol. The Bertz CT molecular complexity index is 285. The van der Waals surface area contributed by atoms with Gasteiger partial charge in [-0.25, -0.2) is 0 Å². The van der Waals surface area contributed by atoms with Gasteiger partial charge < -0.3 is 9.64 Å². The van der Waals surface area contributed by atoms with Gasteiger partial charge >= 0.3 is 5.97 Å². The van der Waals surface area contributed by atoms with Crippen LogP contribution in [0.4, 0.5) is 0 Å². The highest BCUT2D eigenvalue weighted by atomic mass is 16.5. The van der Waals surface area contributed by atoms with Crippen LogP contribution in [0.2, 0.25) is 0 Å². The number of carbonyl (C=O) groups is 2. The van der Waals surface area contributed by atoms with Crippen molar-refractivity contribution >= 4 is 11.9 Å². The van der Waals surface area contributed by atoms with E-state index in [-0.39, 0.29) is 5.97 Å². The smallest absolute Gasteiger partial charge is 0.305 e. The lowest BCUT2D eigenvalue weighted by Gasteiger charge is -2.26. The lowest BCUT2D eigenvalue weighted by atomic mass is 10.1. The van der Waals surface area contributed by atoms with Gasteiger partial charge in [-0.3, -0.25) is 9.59 Å². The standard InChI is InChI=1S/C16H29NO3/c1-2-20-16(19)12-8-5-3-4-7-11-15(18)17-13-9-6-10-14-17/h2-14H2,1H3. The van der Waals surface area contributed by atoms with E-state index in [1.165, 1.54) is 19.3 Å². The van der Waals surface area contributed by atoms with Gasteiger partial charge in [0, 0.05) is 25.9 Å². The van der Waals surface area contributed by atoms with Gasteiger partial charge in [0.05, 0.1) is 6.61 Å². The summed E-state index contributed by atoms with van der Waals surface area (Å²) in [5.41, 5.74) is 0. The molecule has 1 rings (SSSR count). The molecule has 0 saturated carbocycles. The molecule has 1 aliphatic heterocycles. The zero-order chi connectivity index (χ0) is 14.6. The predicted molar refractivity (Wildman–Crippen MR) is 79.4 cm³/mol. The molecule has 20 heavy (non-hydrogen) atoms. The Morgan fingerprint density at radius 1 is 0.900 bits per heavy atom. The van der Waals surface area contributed by atoms with Crippen LogP contribution < -0.4 is 0 Å². The SMILES string of the molecule is CCOC(=O)CCCCCCCC(=O)N1CCCCC1. The third-order valence-electron chi connectivity index (χ3n) is 3.79. The van der Waals surface area contributed by atoms with E-state index in [1.807, 2.05) is 11.8 Å². The average Bonchev–Trinajstić information content (AvgIpc) is 2.47. The molecule has 0 aromatic heterocycles. The summed E-state index contributed by atoms with van der Waals surface area (Å²) in [5, 5.41) is 0. The van der Waals surface area contributed by atoms with E-state index in [0.29, 0.717) is 25.4 Å². The second-order valence-electron chi connectivity index (χ2n) is 5.51. The van der Waals surface area contributed by atoms with Gasteiger partial charge in [0.1, 0.15) is 0 Å². The van der Waals surface area contributed by atoms with E-state index in [4.69, 9.17) is 4.74 Å². The molecule has 0 N–H and O–H groups in total. The number of hydrogen-bond donors (Lipinski definition) is 0. The molecule has 4 heteroatoms. The third kappa shape index (κ3) is 7.51. The number of unbranched alkanes of at least 4 members (excludes halogenated alkanes) is 4. The molecule has 1 aliphatic rings. The molecule has 116 valence electrons. The normalized spacial score (nSPS) is 15.2. The van der Waals surface area contributed by atoms with Crippen LogP contribution in [0.25, 0.3) is 0 Å². The van der Waals surface area contributed by atoms with E-state index in [9.17, 15) is 9.59 Å². The minimum Gasteiger partial charge on any atom is -0.466 e. The van der Waals surface area contributed by atoms with Crippen LogP contribution in [0, 0.1) is 0 Å². The molecule has 1 saturated heterocycles. The summed E-state index contributed by atoms with van der Waals surface area (Å²) in [6.45, 7) is 4.21. The van der Waals surface area contributed by atoms with E-state index in [2.05, 4.69) is 0 Å². The van der Waals surface area contributed by atoms with Crippen molar-refractivity contribution in [2.75, 3.05) is 19.7 Å². The molecule has 0 atom stereocenters. The second kappa shape index (κ2) is 10.7. The quantitative estimate of drug-likeness (QED) is 0.482. The number of amides is 1. The molecule has 0 aromatic carbocycles. The van der Waals surface area contributed by atoms with Gasteiger partial charge in [-0.05, 0) is 39.0 Å². The maximum atomic E-state index is 11.9. The van der Waals surface area contributed by atoms with Crippen LogP contribution in [0.5, 0.6) is 0 Å². The first-order valence-corrected chi connectivity index (χ1v) is 8.17. The van der Waals surface area contributed by atoms with E-state index in [1.54, 1.807) is 0 Å². The van der Waals surface area contributed by atoms with Crippen molar-refractivity contribution in [1.29, 1.82) is 0 Å². The van der Waals surface area contributed by atoms with Crippen LogP contribution in [0.3, 0.4) is 0 Å². The molecule has 1 amide bonds. The largest absolute Gasteiger partial charge is 0.466 e. The number of rotatable bonds is 9. The molecule has 4 nitrogen and oxygen atoms in total. The lowest BCUT2D eigenvalue weighted by Crippen LogP contribution is -2.35. The maximum Gasteiger partial charge on any atom is 0.305 e. The van der Waals surface area contributed by atoms with Crippen LogP contribution in [-0.4, -0.2) is 36.5 Å². The number of likely N-dealkylation sites (tertiary alicyclic amines) is 1. The first-order chi connectivity index (χ1) is 9.74. The van der Waals surface area contributed by atoms with Crippen LogP contribution in [0.1, 0.15) is 71.1 Å². The predicted octanol–water partition coefficient (Wildman–Crippen LogP) is 3.29. The maximum absolute atomic E-state index is 11.9. The number of nitrogens with zero attached hydrogens (tertiary/aromatic N) is 1. The Morgan fingerprint density at radius 2 is 1.50 bits per heavy atom. The minimum absolute atomic E-state index is 0.0900. The molecule has 0 unspecified atom stereocenters. The Labute approximate surface area is 122 Å². The van der Waals surface area contributed by atoms with Gasteiger partial charge in [0.2, 0.25) is 5.91 Å². The molecular formula is C16H29NO3. The highest BCUT2D eigenvalue weighted by Gasteiger charge is 2.15. The number of ether oxygens (including phenoxy) is 1. The first-order valence-electron chi connectivity index (χ1n) is 8.17. The number of piperidine rings is 1. The van der Waals surface area contributed by atoms with Gasteiger partial charge in [-0.2, -0.15) is 0 Å². The van der Waals surface area contributed by atoms with E-state index in [0.717, 1.165) is 45.2 Å². The van der Waals surface area contributed by atoms with Crippen molar-refractivity contribution in [3.8, 4) is 0 Å². The van der Waals surface area contributed by atoms with E-state index < -0.39 is 0 Å². The molecule has 0 aromatic rings. The molecule has 0 bridgehead atoms. The average molecular weight is 283 g/mol. The fourth-order valence-corrected chi connectivity index (χ4v) is 2.61. The summed E-state index contributed by atoms with van der Waals surface area (Å²) in [5.74, 6) is 0.240. The molecule has 0 spiro atoms. The molecule has 0 radical (unpaired) electrons. The van der Waals surface area contributed by atoms with Crippen molar-refractivity contribution in [3.05, 3.63) is 0 Å². The van der Waals surface area contributed by atoms with E-state index >= 15 is 0 Å². The summed E-state index contributed by atoms with van der Waals surface area (Å²) in [4.78, 5) is 25.1. The van der Waals surface area contributed by atoms with Crippen molar-refractivity contribution in [2.45, 2.75) is 71.1 Å². The Hall–Kier alpha value is -1.06. The van der Waals surface area contributed by atoms with Gasteiger partial charge in [-0.15, -0.1) is 0 Å². The van der Waals surface area contributed by atoms with Crippen molar-refractivity contribution in [1.82, 2.24) is 4.90 Å². The van der Waals surface area contributed by atoms with Gasteiger partial charge in [-0.1, -0.05) is 19.3 Å². The molecule has 1 fully saturated rings. The number of esters is 1. The summed E-state index contributed by atoms with van der Waals surface area (Å²) in [6.07, 6.45) is 9.95. The fourth-order valence-electron chi connectivity index (χ4n) is 2.61. The minimum atomic E-state index is -0.0900.